The van der Waals surface area contributed by atoms with Gasteiger partial charge in [-0.2, -0.15) is 0 Å². The summed E-state index contributed by atoms with van der Waals surface area (Å²) in [4.78, 5) is 21.4. The van der Waals surface area contributed by atoms with E-state index in [0.717, 1.165) is 12.1 Å². The molecule has 0 saturated carbocycles. The van der Waals surface area contributed by atoms with Crippen molar-refractivity contribution in [3.63, 3.8) is 0 Å². The Bertz CT molecular complexity index is 480. The molecule has 68 valence electrons. The quantitative estimate of drug-likeness (QED) is 0.409. The molecule has 0 aliphatic rings. The Kier molecular flexibility index (Phi) is 3.09. The Hall–Kier alpha value is -0.840. The van der Waals surface area contributed by atoms with Crippen LogP contribution in [0.2, 0.25) is 0 Å². The molecule has 0 amide bonds. The Labute approximate surface area is 108 Å². The Morgan fingerprint density at radius 2 is 2.00 bits per heavy atom. The van der Waals surface area contributed by atoms with Gasteiger partial charge in [-0.05, 0) is 17.7 Å². The maximum atomic E-state index is 11.1. The number of carboxylic acid groups (broad SMARTS) is 1. The molecule has 1 aromatic carbocycles. The predicted molar refractivity (Wildman–Crippen MR) is 41.8 cm³/mol. The van der Waals surface area contributed by atoms with Gasteiger partial charge in [0.1, 0.15) is 11.7 Å². The van der Waals surface area contributed by atoms with Gasteiger partial charge in [-0.25, -0.2) is 0 Å². The van der Waals surface area contributed by atoms with Gasteiger partial charge in [-0.15, -0.1) is 0 Å². The van der Waals surface area contributed by atoms with Crippen molar-refractivity contribution in [1.82, 2.24) is 0 Å². The summed E-state index contributed by atoms with van der Waals surface area (Å²) in [6, 6.07) is 0.367. The number of carbonyl (C=O) groups is 2. The molecule has 1 aromatic rings. The van der Waals surface area contributed by atoms with Crippen molar-refractivity contribution < 1.29 is 54.8 Å². The SMILES string of the molecule is [2H]c1[13cH]c(O)[13cH]c([2H])c1C([2H])([2H])C(=O)C(=O)[O-].[Na+]. The minimum absolute atomic E-state index is 0. The molecule has 0 bridgehead atoms. The Morgan fingerprint density at radius 1 is 1.50 bits per heavy atom. The van der Waals surface area contributed by atoms with E-state index in [1.807, 2.05) is 0 Å². The van der Waals surface area contributed by atoms with Gasteiger partial charge in [0.25, 0.3) is 0 Å². The van der Waals surface area contributed by atoms with Gasteiger partial charge >= 0.3 is 29.6 Å². The van der Waals surface area contributed by atoms with Crippen LogP contribution in [0.3, 0.4) is 0 Å². The van der Waals surface area contributed by atoms with E-state index in [9.17, 15) is 14.7 Å². The van der Waals surface area contributed by atoms with Crippen LogP contribution in [0.25, 0.3) is 0 Å². The molecule has 0 unspecified atom stereocenters. The van der Waals surface area contributed by atoms with Crippen LogP contribution in [0, 0.1) is 0 Å². The van der Waals surface area contributed by atoms with E-state index in [1.54, 1.807) is 0 Å². The predicted octanol–water partition coefficient (Wildman–Crippen LogP) is -3.74. The standard InChI is InChI=1S/C9H8O4.Na/c10-7-3-1-6(2-4-7)5-8(11)9(12)13;/h1-4,10H,5H2,(H,12,13);/q;+1/p-1/i1D,2D,3+1,4+1,5D2;. The molecular formula is C9H7NaO4. The molecule has 5 heteroatoms. The van der Waals surface area contributed by atoms with Crippen LogP contribution in [-0.4, -0.2) is 16.9 Å². The van der Waals surface area contributed by atoms with Crippen LogP contribution in [0.5, 0.6) is 5.75 Å². The van der Waals surface area contributed by atoms with Crippen molar-refractivity contribution in [2.75, 3.05) is 0 Å². The van der Waals surface area contributed by atoms with Crippen LogP contribution in [0.15, 0.2) is 24.2 Å². The van der Waals surface area contributed by atoms with E-state index in [1.165, 1.54) is 0 Å². The van der Waals surface area contributed by atoms with Gasteiger partial charge in [0, 0.05) is 9.11 Å². The summed E-state index contributed by atoms with van der Waals surface area (Å²) < 4.78 is 29.4. The molecule has 1 rings (SSSR count). The number of benzene rings is 1. The topological polar surface area (TPSA) is 77.4 Å². The average molecular weight is 208 g/mol. The normalized spacial score (nSPS) is 14.0. The van der Waals surface area contributed by atoms with Crippen LogP contribution in [0.4, 0.5) is 0 Å². The zero-order valence-electron chi connectivity index (χ0n) is 11.3. The molecule has 0 spiro atoms. The number of hydrogen-bond donors (Lipinski definition) is 1. The zero-order valence-corrected chi connectivity index (χ0v) is 9.33. The number of aliphatic carboxylic acids is 1. The second-order valence-electron chi connectivity index (χ2n) is 2.12. The fraction of sp³-hybridized carbons (Fsp3) is 0.111. The molecule has 0 aliphatic heterocycles. The van der Waals surface area contributed by atoms with Gasteiger partial charge in [-0.3, -0.25) is 4.79 Å². The summed E-state index contributed by atoms with van der Waals surface area (Å²) in [5, 5.41) is 19.4. The van der Waals surface area contributed by atoms with E-state index >= 15 is 0 Å². The van der Waals surface area contributed by atoms with Gasteiger partial charge < -0.3 is 15.0 Å². The van der Waals surface area contributed by atoms with E-state index in [2.05, 4.69) is 0 Å². The fourth-order valence-electron chi connectivity index (χ4n) is 0.612. The molecule has 0 radical (unpaired) electrons. The van der Waals surface area contributed by atoms with Gasteiger partial charge in [0.2, 0.25) is 0 Å². The summed E-state index contributed by atoms with van der Waals surface area (Å²) in [5.41, 5.74) is -0.718. The number of hydrogen-bond acceptors (Lipinski definition) is 4. The van der Waals surface area contributed by atoms with E-state index in [0.29, 0.717) is 0 Å². The number of ketones is 1. The average Bonchev–Trinajstić information content (AvgIpc) is 2.13. The number of phenolic OH excluding ortho intramolecular Hbond substituents is 1. The summed E-state index contributed by atoms with van der Waals surface area (Å²) >= 11 is 0. The molecular weight excluding hydrogens is 197 g/mol. The number of Topliss-reactive ketones (excluding diaryl/α,β-unsaturated/α-hetero) is 1. The van der Waals surface area contributed by atoms with Crippen molar-refractivity contribution in [2.24, 2.45) is 0 Å². The third kappa shape index (κ3) is 3.91. The maximum absolute atomic E-state index is 11.1. The zero-order chi connectivity index (χ0) is 13.4. The molecule has 0 aliphatic carbocycles. The largest absolute Gasteiger partial charge is 1.00 e. The second-order valence-corrected chi connectivity index (χ2v) is 2.12. The molecule has 0 atom stereocenters. The minimum atomic E-state index is -3.04. The van der Waals surface area contributed by atoms with Gasteiger partial charge in [-0.1, -0.05) is 12.1 Å². The molecule has 0 saturated heterocycles. The first-order valence-electron chi connectivity index (χ1n) is 5.24. The van der Waals surface area contributed by atoms with Gasteiger partial charge in [0.15, 0.2) is 5.78 Å². The molecule has 0 heterocycles. The molecule has 1 N–H and O–H groups in total. The first-order valence-corrected chi connectivity index (χ1v) is 3.24. The smallest absolute Gasteiger partial charge is 0.542 e. The number of carboxylic acids is 1. The summed E-state index contributed by atoms with van der Waals surface area (Å²) in [6.07, 6.45) is -3.04. The second kappa shape index (κ2) is 5.80. The summed E-state index contributed by atoms with van der Waals surface area (Å²) in [5.74, 6) is -4.55. The van der Waals surface area contributed by atoms with Crippen molar-refractivity contribution in [2.45, 2.75) is 6.37 Å². The van der Waals surface area contributed by atoms with E-state index < -0.39 is 41.5 Å². The first-order chi connectivity index (χ1) is 7.67. The van der Waals surface area contributed by atoms with Crippen LogP contribution in [0.1, 0.15) is 11.0 Å². The first kappa shape index (κ1) is 7.45. The summed E-state index contributed by atoms with van der Waals surface area (Å²) in [7, 11) is 0. The van der Waals surface area contributed by atoms with Crippen molar-refractivity contribution >= 4 is 11.8 Å². The maximum Gasteiger partial charge on any atom is 1.00 e. The third-order valence-electron chi connectivity index (χ3n) is 1.15. The summed E-state index contributed by atoms with van der Waals surface area (Å²) in [6.45, 7) is 0. The molecule has 4 nitrogen and oxygen atoms in total. The van der Waals surface area contributed by atoms with Crippen LogP contribution < -0.4 is 34.7 Å². The Balaban J connectivity index is 0.00000289. The van der Waals surface area contributed by atoms with Crippen molar-refractivity contribution in [1.29, 1.82) is 0 Å². The molecule has 0 fully saturated rings. The van der Waals surface area contributed by atoms with Crippen molar-refractivity contribution in [3.05, 3.63) is 29.8 Å². The van der Waals surface area contributed by atoms with Gasteiger partial charge in [0.05, 0.1) is 2.74 Å². The van der Waals surface area contributed by atoms with E-state index in [4.69, 9.17) is 10.6 Å². The van der Waals surface area contributed by atoms with E-state index in [-0.39, 0.29) is 29.6 Å². The van der Waals surface area contributed by atoms with Crippen LogP contribution in [-0.2, 0) is 16.0 Å². The third-order valence-corrected chi connectivity index (χ3v) is 1.15. The number of rotatable bonds is 3. The minimum Gasteiger partial charge on any atom is -0.542 e. The van der Waals surface area contributed by atoms with Crippen LogP contribution >= 0.6 is 0 Å². The number of phenols is 1. The number of carbonyl (C=O) groups excluding carboxylic acids is 2. The fourth-order valence-corrected chi connectivity index (χ4v) is 0.612. The Morgan fingerprint density at radius 3 is 2.43 bits per heavy atom. The molecule has 0 aromatic heterocycles. The number of aromatic hydroxyl groups is 1. The molecule has 14 heavy (non-hydrogen) atoms. The van der Waals surface area contributed by atoms with Crippen molar-refractivity contribution in [3.8, 4) is 5.75 Å². The monoisotopic (exact) mass is 208 g/mol.